The highest BCUT2D eigenvalue weighted by molar-refractivity contribution is 4.89. The number of ether oxygens (including phenoxy) is 1. The zero-order valence-corrected chi connectivity index (χ0v) is 11.5. The van der Waals surface area contributed by atoms with Gasteiger partial charge in [-0.3, -0.25) is 4.90 Å². The fraction of sp³-hybridized carbons (Fsp3) is 1.00. The summed E-state index contributed by atoms with van der Waals surface area (Å²) < 4.78 is 6.10. The molecule has 2 aliphatic rings. The fourth-order valence-electron chi connectivity index (χ4n) is 3.19. The minimum absolute atomic E-state index is 0.413. The van der Waals surface area contributed by atoms with Crippen LogP contribution in [0.5, 0.6) is 0 Å². The molecule has 0 aromatic heterocycles. The first kappa shape index (κ1) is 13.3. The quantitative estimate of drug-likeness (QED) is 0.769. The van der Waals surface area contributed by atoms with E-state index < -0.39 is 0 Å². The maximum atomic E-state index is 6.10. The van der Waals surface area contributed by atoms with Gasteiger partial charge in [0, 0.05) is 18.6 Å². The Bertz CT molecular complexity index is 222. The lowest BCUT2D eigenvalue weighted by Crippen LogP contribution is -2.54. The zero-order valence-electron chi connectivity index (χ0n) is 11.5. The first-order valence-electron chi connectivity index (χ1n) is 7.44. The van der Waals surface area contributed by atoms with Gasteiger partial charge in [-0.2, -0.15) is 0 Å². The summed E-state index contributed by atoms with van der Waals surface area (Å²) in [4.78, 5) is 2.64. The van der Waals surface area contributed by atoms with Crippen molar-refractivity contribution in [2.75, 3.05) is 26.2 Å². The van der Waals surface area contributed by atoms with E-state index >= 15 is 0 Å². The molecule has 100 valence electrons. The smallest absolute Gasteiger partial charge is 0.0855 e. The first-order valence-corrected chi connectivity index (χ1v) is 7.44. The molecule has 1 N–H and O–H groups in total. The number of nitrogens with zero attached hydrogens (tertiary/aromatic N) is 1. The number of nitrogens with one attached hydrogen (secondary N) is 1. The van der Waals surface area contributed by atoms with Crippen LogP contribution in [0.1, 0.15) is 46.0 Å². The Hall–Kier alpha value is -0.120. The Morgan fingerprint density at radius 3 is 3.06 bits per heavy atom. The molecule has 2 heterocycles. The molecule has 0 bridgehead atoms. The monoisotopic (exact) mass is 240 g/mol. The molecule has 2 aliphatic heterocycles. The van der Waals surface area contributed by atoms with Gasteiger partial charge in [-0.1, -0.05) is 26.7 Å². The van der Waals surface area contributed by atoms with Crippen LogP contribution >= 0.6 is 0 Å². The number of unbranched alkanes of at least 4 members (excludes halogenated alkanes) is 1. The lowest BCUT2D eigenvalue weighted by atomic mass is 10.0. The minimum atomic E-state index is 0.413. The van der Waals surface area contributed by atoms with E-state index in [-0.39, 0.29) is 0 Å². The highest BCUT2D eigenvalue weighted by atomic mass is 16.5. The molecule has 3 heteroatoms. The molecule has 0 radical (unpaired) electrons. The van der Waals surface area contributed by atoms with Crippen molar-refractivity contribution in [1.82, 2.24) is 10.2 Å². The Morgan fingerprint density at radius 1 is 1.41 bits per heavy atom. The molecule has 0 aliphatic carbocycles. The minimum Gasteiger partial charge on any atom is -0.374 e. The van der Waals surface area contributed by atoms with E-state index in [2.05, 4.69) is 24.1 Å². The number of rotatable bonds is 6. The average Bonchev–Trinajstić information content (AvgIpc) is 2.81. The van der Waals surface area contributed by atoms with E-state index in [4.69, 9.17) is 4.74 Å². The highest BCUT2D eigenvalue weighted by Gasteiger charge is 2.35. The lowest BCUT2D eigenvalue weighted by Gasteiger charge is -2.39. The van der Waals surface area contributed by atoms with Crippen LogP contribution in [0.4, 0.5) is 0 Å². The predicted molar refractivity (Wildman–Crippen MR) is 71.3 cm³/mol. The van der Waals surface area contributed by atoms with Crippen LogP contribution < -0.4 is 5.32 Å². The second-order valence-corrected chi connectivity index (χ2v) is 5.47. The Morgan fingerprint density at radius 2 is 2.29 bits per heavy atom. The molecule has 3 nitrogen and oxygen atoms in total. The largest absolute Gasteiger partial charge is 0.374 e. The molecule has 0 spiro atoms. The van der Waals surface area contributed by atoms with E-state index in [1.54, 1.807) is 0 Å². The predicted octanol–water partition coefficient (Wildman–Crippen LogP) is 2.02. The first-order chi connectivity index (χ1) is 8.35. The molecule has 2 rings (SSSR count). The Balaban J connectivity index is 1.85. The van der Waals surface area contributed by atoms with Gasteiger partial charge in [0.25, 0.3) is 0 Å². The normalized spacial score (nSPS) is 31.4. The van der Waals surface area contributed by atoms with Gasteiger partial charge < -0.3 is 10.1 Å². The number of hydrogen-bond donors (Lipinski definition) is 1. The molecule has 0 saturated carbocycles. The van der Waals surface area contributed by atoms with E-state index in [0.717, 1.165) is 25.7 Å². The number of fused-ring (bicyclic) bond motifs is 1. The van der Waals surface area contributed by atoms with Gasteiger partial charge in [-0.05, 0) is 32.4 Å². The van der Waals surface area contributed by atoms with Crippen LogP contribution in [0, 0.1) is 0 Å². The molecule has 2 saturated heterocycles. The molecule has 0 aromatic rings. The van der Waals surface area contributed by atoms with Crippen molar-refractivity contribution in [3.05, 3.63) is 0 Å². The van der Waals surface area contributed by atoms with Crippen LogP contribution in [0.2, 0.25) is 0 Å². The lowest BCUT2D eigenvalue weighted by molar-refractivity contribution is -0.0656. The van der Waals surface area contributed by atoms with Crippen molar-refractivity contribution < 1.29 is 4.74 Å². The van der Waals surface area contributed by atoms with Gasteiger partial charge in [-0.25, -0.2) is 0 Å². The number of morpholine rings is 1. The number of likely N-dealkylation sites (N-methyl/N-ethyl adjacent to an activating group) is 1. The summed E-state index contributed by atoms with van der Waals surface area (Å²) in [6, 6.07) is 1.28. The van der Waals surface area contributed by atoms with E-state index in [1.807, 2.05) is 0 Å². The molecule has 2 fully saturated rings. The molecule has 17 heavy (non-hydrogen) atoms. The second-order valence-electron chi connectivity index (χ2n) is 5.47. The summed E-state index contributed by atoms with van der Waals surface area (Å²) in [5.41, 5.74) is 0. The van der Waals surface area contributed by atoms with Gasteiger partial charge in [0.2, 0.25) is 0 Å². The summed E-state index contributed by atoms with van der Waals surface area (Å²) in [5, 5.41) is 3.62. The van der Waals surface area contributed by atoms with Crippen LogP contribution in [0.3, 0.4) is 0 Å². The zero-order chi connectivity index (χ0) is 12.1. The molecule has 0 amide bonds. The van der Waals surface area contributed by atoms with E-state index in [0.29, 0.717) is 12.1 Å². The van der Waals surface area contributed by atoms with Crippen LogP contribution in [0.25, 0.3) is 0 Å². The van der Waals surface area contributed by atoms with E-state index in [9.17, 15) is 0 Å². The second kappa shape index (κ2) is 6.72. The SMILES string of the molecule is CCCCC(NCC)C1CN2CCCC2CO1. The van der Waals surface area contributed by atoms with Crippen molar-refractivity contribution in [2.45, 2.75) is 64.1 Å². The van der Waals surface area contributed by atoms with Crippen molar-refractivity contribution in [3.8, 4) is 0 Å². The fourth-order valence-corrected chi connectivity index (χ4v) is 3.19. The average molecular weight is 240 g/mol. The third kappa shape index (κ3) is 3.43. The van der Waals surface area contributed by atoms with Crippen molar-refractivity contribution >= 4 is 0 Å². The van der Waals surface area contributed by atoms with E-state index in [1.165, 1.54) is 38.6 Å². The molecule has 0 aromatic carbocycles. The molecule has 3 atom stereocenters. The Labute approximate surface area is 106 Å². The van der Waals surface area contributed by atoms with Gasteiger partial charge in [-0.15, -0.1) is 0 Å². The van der Waals surface area contributed by atoms with Crippen LogP contribution in [-0.2, 0) is 4.74 Å². The third-order valence-corrected chi connectivity index (χ3v) is 4.20. The molecular weight excluding hydrogens is 212 g/mol. The summed E-state index contributed by atoms with van der Waals surface area (Å²) in [7, 11) is 0. The van der Waals surface area contributed by atoms with Crippen LogP contribution in [0.15, 0.2) is 0 Å². The maximum absolute atomic E-state index is 6.10. The molecule has 3 unspecified atom stereocenters. The van der Waals surface area contributed by atoms with Gasteiger partial charge in [0.1, 0.15) is 0 Å². The topological polar surface area (TPSA) is 24.5 Å². The maximum Gasteiger partial charge on any atom is 0.0855 e. The Kier molecular flexibility index (Phi) is 5.26. The van der Waals surface area contributed by atoms with Crippen molar-refractivity contribution in [2.24, 2.45) is 0 Å². The van der Waals surface area contributed by atoms with Crippen molar-refractivity contribution in [3.63, 3.8) is 0 Å². The number of hydrogen-bond acceptors (Lipinski definition) is 3. The summed E-state index contributed by atoms with van der Waals surface area (Å²) in [6.45, 7) is 8.90. The third-order valence-electron chi connectivity index (χ3n) is 4.20. The molecular formula is C14H28N2O. The van der Waals surface area contributed by atoms with Crippen LogP contribution in [-0.4, -0.2) is 49.3 Å². The summed E-state index contributed by atoms with van der Waals surface area (Å²) in [6.07, 6.45) is 6.96. The highest BCUT2D eigenvalue weighted by Crippen LogP contribution is 2.24. The van der Waals surface area contributed by atoms with Gasteiger partial charge in [0.05, 0.1) is 12.7 Å². The summed E-state index contributed by atoms with van der Waals surface area (Å²) in [5.74, 6) is 0. The van der Waals surface area contributed by atoms with Gasteiger partial charge in [0.15, 0.2) is 0 Å². The van der Waals surface area contributed by atoms with Gasteiger partial charge >= 0.3 is 0 Å². The standard InChI is InChI=1S/C14H28N2O/c1-3-5-8-13(15-4-2)14-10-16-9-6-7-12(16)11-17-14/h12-15H,3-11H2,1-2H3. The van der Waals surface area contributed by atoms with Crippen molar-refractivity contribution in [1.29, 1.82) is 0 Å². The summed E-state index contributed by atoms with van der Waals surface area (Å²) >= 11 is 0.